The van der Waals surface area contributed by atoms with Crippen molar-refractivity contribution in [2.75, 3.05) is 19.7 Å². The van der Waals surface area contributed by atoms with Crippen LogP contribution in [0.4, 0.5) is 0 Å². The summed E-state index contributed by atoms with van der Waals surface area (Å²) in [6.45, 7) is 1.35. The van der Waals surface area contributed by atoms with Crippen LogP contribution in [-0.2, 0) is 0 Å². The molecule has 0 fully saturated rings. The Morgan fingerprint density at radius 2 is 2.25 bits per heavy atom. The van der Waals surface area contributed by atoms with Crippen molar-refractivity contribution in [3.63, 3.8) is 0 Å². The van der Waals surface area contributed by atoms with E-state index < -0.39 is 0 Å². The molecule has 0 amide bonds. The SMILES string of the molecule is OCCNC[CH](O)[AlH2]. The molecule has 3 N–H and O–H groups in total. The van der Waals surface area contributed by atoms with Crippen molar-refractivity contribution < 1.29 is 10.2 Å². The van der Waals surface area contributed by atoms with Crippen LogP contribution in [0.15, 0.2) is 0 Å². The number of hydrogen-bond donors (Lipinski definition) is 3. The van der Waals surface area contributed by atoms with Gasteiger partial charge in [-0.1, -0.05) is 0 Å². The quantitative estimate of drug-likeness (QED) is 0.294. The van der Waals surface area contributed by atoms with Gasteiger partial charge in [0, 0.05) is 18.1 Å². The van der Waals surface area contributed by atoms with E-state index in [2.05, 4.69) is 5.32 Å². The summed E-state index contributed by atoms with van der Waals surface area (Å²) >= 11 is 0.797. The number of nitrogens with one attached hydrogen (secondary N) is 1. The zero-order chi connectivity index (χ0) is 6.41. The highest BCUT2D eigenvalue weighted by Crippen LogP contribution is 1.66. The van der Waals surface area contributed by atoms with Crippen LogP contribution in [0.25, 0.3) is 0 Å². The lowest BCUT2D eigenvalue weighted by Gasteiger charge is -2.03. The van der Waals surface area contributed by atoms with Crippen LogP contribution in [0.2, 0.25) is 0 Å². The Morgan fingerprint density at radius 1 is 1.62 bits per heavy atom. The molecule has 4 heteroatoms. The van der Waals surface area contributed by atoms with E-state index >= 15 is 0 Å². The van der Waals surface area contributed by atoms with E-state index in [1.54, 1.807) is 0 Å². The van der Waals surface area contributed by atoms with E-state index in [-0.39, 0.29) is 11.6 Å². The fraction of sp³-hybridized carbons (Fsp3) is 1.00. The minimum absolute atomic E-state index is 0.147. The third-order valence-electron chi connectivity index (χ3n) is 0.728. The molecule has 0 aliphatic heterocycles. The van der Waals surface area contributed by atoms with Gasteiger partial charge in [-0.05, 0) is 0 Å². The van der Waals surface area contributed by atoms with E-state index in [0.717, 1.165) is 16.3 Å². The van der Waals surface area contributed by atoms with E-state index in [1.165, 1.54) is 0 Å². The summed E-state index contributed by atoms with van der Waals surface area (Å²) in [4.78, 5) is -0.179. The average molecular weight is 133 g/mol. The molecule has 0 bridgehead atoms. The molecule has 0 aromatic heterocycles. The van der Waals surface area contributed by atoms with E-state index in [1.807, 2.05) is 0 Å². The molecule has 0 aromatic carbocycles. The zero-order valence-corrected chi connectivity index (χ0v) is 7.09. The van der Waals surface area contributed by atoms with Crippen LogP contribution in [-0.4, -0.2) is 51.2 Å². The molecule has 1 atom stereocenters. The highest BCUT2D eigenvalue weighted by molar-refractivity contribution is 6.10. The van der Waals surface area contributed by atoms with Gasteiger partial charge in [-0.2, -0.15) is 0 Å². The van der Waals surface area contributed by atoms with Crippen molar-refractivity contribution in [2.45, 2.75) is 4.97 Å². The molecule has 0 rings (SSSR count). The number of hydrogen-bond acceptors (Lipinski definition) is 3. The molecule has 0 saturated heterocycles. The van der Waals surface area contributed by atoms with Crippen molar-refractivity contribution in [1.82, 2.24) is 5.32 Å². The molecule has 0 heterocycles. The van der Waals surface area contributed by atoms with Crippen LogP contribution < -0.4 is 5.32 Å². The highest BCUT2D eigenvalue weighted by atomic mass is 27.0. The van der Waals surface area contributed by atoms with Crippen LogP contribution in [0.3, 0.4) is 0 Å². The molecule has 0 aromatic rings. The van der Waals surface area contributed by atoms with Crippen molar-refractivity contribution in [2.24, 2.45) is 0 Å². The molecule has 0 aliphatic rings. The first kappa shape index (κ1) is 8.41. The predicted octanol–water partition coefficient (Wildman–Crippen LogP) is -2.48. The van der Waals surface area contributed by atoms with Gasteiger partial charge >= 0.3 is 0 Å². The van der Waals surface area contributed by atoms with Crippen molar-refractivity contribution in [3.8, 4) is 0 Å². The molecule has 1 unspecified atom stereocenters. The molecule has 0 aliphatic carbocycles. The van der Waals surface area contributed by atoms with Crippen LogP contribution in [0.5, 0.6) is 0 Å². The summed E-state index contributed by atoms with van der Waals surface area (Å²) in [7, 11) is 0. The maximum absolute atomic E-state index is 8.70. The average Bonchev–Trinajstić information content (AvgIpc) is 1.66. The molecule has 3 nitrogen and oxygen atoms in total. The van der Waals surface area contributed by atoms with Gasteiger partial charge in [0.2, 0.25) is 0 Å². The maximum Gasteiger partial charge on any atom is 0.260 e. The Kier molecular flexibility index (Phi) is 5.83. The third-order valence-corrected chi connectivity index (χ3v) is 1.14. The number of rotatable bonds is 4. The maximum atomic E-state index is 8.70. The Morgan fingerprint density at radius 3 is 2.62 bits per heavy atom. The van der Waals surface area contributed by atoms with Crippen molar-refractivity contribution in [3.05, 3.63) is 0 Å². The lowest BCUT2D eigenvalue weighted by molar-refractivity contribution is 0.238. The van der Waals surface area contributed by atoms with Gasteiger partial charge in [-0.3, -0.25) is 0 Å². The predicted molar refractivity (Wildman–Crippen MR) is 34.5 cm³/mol. The first-order chi connectivity index (χ1) is 3.77. The minimum atomic E-state index is -0.179. The van der Waals surface area contributed by atoms with Gasteiger partial charge < -0.3 is 15.5 Å². The summed E-state index contributed by atoms with van der Waals surface area (Å²) in [5.41, 5.74) is 0. The second-order valence-corrected chi connectivity index (χ2v) is 3.11. The normalized spacial score (nSPS) is 13.8. The molecular formula is C4H12AlNO2. The smallest absolute Gasteiger partial charge is 0.260 e. The van der Waals surface area contributed by atoms with Gasteiger partial charge in [0.15, 0.2) is 0 Å². The van der Waals surface area contributed by atoms with Crippen LogP contribution in [0.1, 0.15) is 0 Å². The first-order valence-corrected chi connectivity index (χ1v) is 3.92. The summed E-state index contributed by atoms with van der Waals surface area (Å²) in [6.07, 6.45) is 0. The molecule has 0 radical (unpaired) electrons. The summed E-state index contributed by atoms with van der Waals surface area (Å²) in [5, 5.41) is 19.8. The lowest BCUT2D eigenvalue weighted by Crippen LogP contribution is -2.28. The van der Waals surface area contributed by atoms with E-state index in [0.29, 0.717) is 13.1 Å². The second kappa shape index (κ2) is 5.55. The van der Waals surface area contributed by atoms with Gasteiger partial charge in [-0.15, -0.1) is 0 Å². The van der Waals surface area contributed by atoms with Crippen molar-refractivity contribution >= 4 is 16.3 Å². The monoisotopic (exact) mass is 133 g/mol. The third kappa shape index (κ3) is 6.41. The largest absolute Gasteiger partial charge is 0.408 e. The standard InChI is InChI=1S/C4H10NO2.Al.2H/c6-3-1-5-2-4-7;;;/h3,5-7H,1-2,4H2;;;. The van der Waals surface area contributed by atoms with Gasteiger partial charge in [0.25, 0.3) is 16.3 Å². The Balaban J connectivity index is 2.72. The molecule has 48 valence electrons. The lowest BCUT2D eigenvalue weighted by atomic mass is 10.6. The van der Waals surface area contributed by atoms with E-state index in [4.69, 9.17) is 10.2 Å². The first-order valence-electron chi connectivity index (χ1n) is 2.77. The van der Waals surface area contributed by atoms with Crippen molar-refractivity contribution in [1.29, 1.82) is 0 Å². The fourth-order valence-electron chi connectivity index (χ4n) is 0.390. The molecule has 8 heavy (non-hydrogen) atoms. The summed E-state index contributed by atoms with van der Waals surface area (Å²) in [5.74, 6) is 0. The Hall–Kier alpha value is 0.412. The van der Waals surface area contributed by atoms with Gasteiger partial charge in [0.05, 0.1) is 6.61 Å². The molecule has 0 saturated carbocycles. The second-order valence-electron chi connectivity index (χ2n) is 1.78. The van der Waals surface area contributed by atoms with E-state index in [9.17, 15) is 0 Å². The van der Waals surface area contributed by atoms with Crippen LogP contribution in [0, 0.1) is 0 Å². The Labute approximate surface area is 57.1 Å². The molecule has 0 spiro atoms. The number of aliphatic hydroxyl groups is 2. The van der Waals surface area contributed by atoms with Crippen LogP contribution >= 0.6 is 0 Å². The Bertz CT molecular complexity index is 51.3. The number of aliphatic hydroxyl groups excluding tert-OH is 2. The summed E-state index contributed by atoms with van der Waals surface area (Å²) < 4.78 is 0. The summed E-state index contributed by atoms with van der Waals surface area (Å²) in [6, 6.07) is 0. The topological polar surface area (TPSA) is 52.5 Å². The van der Waals surface area contributed by atoms with Gasteiger partial charge in [-0.25, -0.2) is 0 Å². The highest BCUT2D eigenvalue weighted by Gasteiger charge is 1.91. The minimum Gasteiger partial charge on any atom is -0.408 e. The molecular weight excluding hydrogens is 121 g/mol. The zero-order valence-electron chi connectivity index (χ0n) is 5.09. The van der Waals surface area contributed by atoms with Gasteiger partial charge in [0.1, 0.15) is 0 Å². The fourth-order valence-corrected chi connectivity index (χ4v) is 0.679.